The number of aryl methyl sites for hydroxylation is 3. The molecule has 0 aliphatic carbocycles. The van der Waals surface area contributed by atoms with Crippen LogP contribution < -0.4 is 31.2 Å². The molecule has 1 unspecified atom stereocenters. The topological polar surface area (TPSA) is 214 Å². The van der Waals surface area contributed by atoms with Crippen molar-refractivity contribution in [2.45, 2.75) is 31.8 Å². The van der Waals surface area contributed by atoms with Crippen molar-refractivity contribution in [3.8, 4) is 11.5 Å². The van der Waals surface area contributed by atoms with Crippen molar-refractivity contribution in [3.63, 3.8) is 0 Å². The maximum Gasteiger partial charge on any atom is 0.291 e. The largest absolute Gasteiger partial charge is 0.493 e. The molecule has 318 valence electrons. The molecule has 18 heteroatoms. The molecule has 0 saturated carbocycles. The van der Waals surface area contributed by atoms with E-state index in [9.17, 15) is 24.0 Å². The van der Waals surface area contributed by atoms with Crippen LogP contribution in [0.2, 0.25) is 0 Å². The molecule has 6 heterocycles. The predicted octanol–water partition coefficient (Wildman–Crippen LogP) is 5.00. The molecular weight excluding hydrogens is 795 g/mol. The van der Waals surface area contributed by atoms with Gasteiger partial charge >= 0.3 is 0 Å². The Morgan fingerprint density at radius 1 is 0.887 bits per heavy atom. The molecule has 4 aromatic heterocycles. The number of imidazole rings is 1. The zero-order chi connectivity index (χ0) is 43.8. The standard InChI is InChI=1S/C44H45N11O7/c1-25-13-30-20-46-32-18-37(36(61-5)17-31(32)43(59)55(30)21-25)62-12-6-7-39(56)49-38-24-53(4)40(50-38)42(58)48-28-15-34(51(2)22-28)41(57)47-29-16-35(52(3)23-29)44(60)54-11-10-27-14-26(19-45)8-9-33(27)54/h8-11,14-18,20,22-24,30H,1,6-7,12-13,19,21,45H2,2-5H3,(H,47,57)(H,48,58)(H,49,56). The van der Waals surface area contributed by atoms with Gasteiger partial charge in [0.15, 0.2) is 17.3 Å². The Kier molecular flexibility index (Phi) is 11.1. The first kappa shape index (κ1) is 41.0. The molecule has 2 aromatic carbocycles. The Hall–Kier alpha value is -7.73. The van der Waals surface area contributed by atoms with Gasteiger partial charge in [-0.3, -0.25) is 33.5 Å². The molecule has 0 spiro atoms. The molecule has 1 fully saturated rings. The van der Waals surface area contributed by atoms with Gasteiger partial charge in [0, 0.05) is 83.1 Å². The highest BCUT2D eigenvalue weighted by molar-refractivity contribution is 6.08. The van der Waals surface area contributed by atoms with Gasteiger partial charge in [-0.2, -0.15) is 0 Å². The highest BCUT2D eigenvalue weighted by atomic mass is 16.5. The van der Waals surface area contributed by atoms with Crippen LogP contribution in [0.3, 0.4) is 0 Å². The second kappa shape index (κ2) is 16.7. The maximum absolute atomic E-state index is 13.5. The smallest absolute Gasteiger partial charge is 0.291 e. The molecule has 2 aliphatic rings. The number of carbonyl (C=O) groups excluding carboxylic acids is 5. The van der Waals surface area contributed by atoms with E-state index in [1.165, 1.54) is 23.9 Å². The van der Waals surface area contributed by atoms with Gasteiger partial charge in [-0.1, -0.05) is 18.2 Å². The Balaban J connectivity index is 0.835. The van der Waals surface area contributed by atoms with Crippen LogP contribution in [0.5, 0.6) is 11.5 Å². The number of nitrogens with one attached hydrogen (secondary N) is 3. The zero-order valence-electron chi connectivity index (χ0n) is 34.6. The number of rotatable bonds is 13. The highest BCUT2D eigenvalue weighted by Gasteiger charge is 2.34. The van der Waals surface area contributed by atoms with Gasteiger partial charge in [-0.15, -0.1) is 0 Å². The lowest BCUT2D eigenvalue weighted by atomic mass is 10.1. The van der Waals surface area contributed by atoms with Crippen molar-refractivity contribution in [1.82, 2.24) is 28.2 Å². The van der Waals surface area contributed by atoms with E-state index in [1.54, 1.807) is 82.7 Å². The molecule has 8 rings (SSSR count). The number of aliphatic imine (C=N–C) groups is 1. The fraction of sp³-hybridized carbons (Fsp3) is 0.250. The lowest BCUT2D eigenvalue weighted by Crippen LogP contribution is -2.35. The average molecular weight is 840 g/mol. The quantitative estimate of drug-likeness (QED) is 0.0909. The van der Waals surface area contributed by atoms with Gasteiger partial charge in [0.1, 0.15) is 11.4 Å². The van der Waals surface area contributed by atoms with Crippen molar-refractivity contribution in [2.75, 3.05) is 36.2 Å². The third kappa shape index (κ3) is 8.10. The first-order valence-corrected chi connectivity index (χ1v) is 19.8. The molecule has 0 bridgehead atoms. The minimum Gasteiger partial charge on any atom is -0.493 e. The summed E-state index contributed by atoms with van der Waals surface area (Å²) in [4.78, 5) is 76.9. The number of hydrogen-bond acceptors (Lipinski definition) is 10. The van der Waals surface area contributed by atoms with Crippen LogP contribution in [-0.4, -0.2) is 90.2 Å². The molecule has 18 nitrogen and oxygen atoms in total. The van der Waals surface area contributed by atoms with Crippen molar-refractivity contribution in [1.29, 1.82) is 0 Å². The van der Waals surface area contributed by atoms with Gasteiger partial charge in [-0.05, 0) is 54.8 Å². The lowest BCUT2D eigenvalue weighted by Gasteiger charge is -2.20. The summed E-state index contributed by atoms with van der Waals surface area (Å²) in [5, 5.41) is 9.21. The fourth-order valence-corrected chi connectivity index (χ4v) is 7.67. The molecule has 2 aliphatic heterocycles. The number of carbonyl (C=O) groups is 5. The molecule has 0 radical (unpaired) electrons. The number of anilines is 3. The van der Waals surface area contributed by atoms with E-state index in [2.05, 4.69) is 32.5 Å². The number of methoxy groups -OCH3 is 1. The van der Waals surface area contributed by atoms with E-state index < -0.39 is 11.8 Å². The highest BCUT2D eigenvalue weighted by Crippen LogP contribution is 2.38. The normalized spacial score (nSPS) is 14.4. The molecule has 1 saturated heterocycles. The van der Waals surface area contributed by atoms with Gasteiger partial charge in [0.2, 0.25) is 11.7 Å². The lowest BCUT2D eigenvalue weighted by molar-refractivity contribution is -0.116. The summed E-state index contributed by atoms with van der Waals surface area (Å²) in [5.74, 6) is -0.779. The summed E-state index contributed by atoms with van der Waals surface area (Å²) in [7, 11) is 6.50. The second-order valence-electron chi connectivity index (χ2n) is 15.3. The minimum absolute atomic E-state index is 0.0251. The van der Waals surface area contributed by atoms with E-state index in [0.717, 1.165) is 22.0 Å². The number of fused-ring (bicyclic) bond motifs is 3. The minimum atomic E-state index is -0.562. The summed E-state index contributed by atoms with van der Waals surface area (Å²) < 4.78 is 17.7. The van der Waals surface area contributed by atoms with Crippen molar-refractivity contribution >= 4 is 69.5 Å². The van der Waals surface area contributed by atoms with Crippen LogP contribution in [0.25, 0.3) is 10.9 Å². The predicted molar refractivity (Wildman–Crippen MR) is 233 cm³/mol. The summed E-state index contributed by atoms with van der Waals surface area (Å²) in [6.45, 7) is 5.07. The summed E-state index contributed by atoms with van der Waals surface area (Å²) in [6.07, 6.45) is 9.33. The first-order valence-electron chi connectivity index (χ1n) is 19.8. The number of benzene rings is 2. The van der Waals surface area contributed by atoms with Crippen LogP contribution in [0.1, 0.15) is 66.8 Å². The van der Waals surface area contributed by atoms with Crippen molar-refractivity contribution in [3.05, 3.63) is 114 Å². The number of nitrogens with zero attached hydrogens (tertiary/aromatic N) is 7. The monoisotopic (exact) mass is 839 g/mol. The number of ether oxygens (including phenoxy) is 2. The third-order valence-corrected chi connectivity index (χ3v) is 10.8. The number of amides is 4. The van der Waals surface area contributed by atoms with E-state index in [1.807, 2.05) is 24.3 Å². The zero-order valence-corrected chi connectivity index (χ0v) is 34.6. The maximum atomic E-state index is 13.5. The average Bonchev–Trinajstić information content (AvgIpc) is 4.07. The van der Waals surface area contributed by atoms with E-state index in [4.69, 9.17) is 15.2 Å². The number of nitrogens with two attached hydrogens (primary N) is 1. The summed E-state index contributed by atoms with van der Waals surface area (Å²) >= 11 is 0. The molecule has 5 N–H and O–H groups in total. The molecule has 62 heavy (non-hydrogen) atoms. The van der Waals surface area contributed by atoms with Crippen LogP contribution in [-0.2, 0) is 32.5 Å². The van der Waals surface area contributed by atoms with Crippen LogP contribution in [0, 0.1) is 0 Å². The van der Waals surface area contributed by atoms with Gasteiger partial charge < -0.3 is 49.8 Å². The summed E-state index contributed by atoms with van der Waals surface area (Å²) in [5.41, 5.74) is 10.7. The van der Waals surface area contributed by atoms with Crippen molar-refractivity contribution < 1.29 is 33.4 Å². The summed E-state index contributed by atoms with van der Waals surface area (Å²) in [6, 6.07) is 13.8. The SMILES string of the molecule is C=C1CC2C=Nc3cc(OCCCC(=O)Nc4cn(C)c(C(=O)Nc5cc(C(=O)Nc6cc(C(=O)n7ccc8cc(CN)ccc87)n(C)c6)n(C)c5)n4)c(OC)cc3C(=O)N2C1. The van der Waals surface area contributed by atoms with E-state index >= 15 is 0 Å². The third-order valence-electron chi connectivity index (χ3n) is 10.8. The second-order valence-corrected chi connectivity index (χ2v) is 15.3. The van der Waals surface area contributed by atoms with Crippen molar-refractivity contribution in [2.24, 2.45) is 31.9 Å². The van der Waals surface area contributed by atoms with Gasteiger partial charge in [0.25, 0.3) is 23.6 Å². The molecule has 6 aromatic rings. The van der Waals surface area contributed by atoms with Crippen LogP contribution in [0.15, 0.2) is 90.5 Å². The Labute approximate surface area is 355 Å². The number of aromatic nitrogens is 5. The van der Waals surface area contributed by atoms with Crippen LogP contribution in [0.4, 0.5) is 22.9 Å². The van der Waals surface area contributed by atoms with Gasteiger partial charge in [0.05, 0.1) is 47.9 Å². The molecular formula is C44H45N11O7. The molecule has 4 amide bonds. The van der Waals surface area contributed by atoms with Gasteiger partial charge in [-0.25, -0.2) is 4.98 Å². The van der Waals surface area contributed by atoms with E-state index in [-0.39, 0.29) is 54.1 Å². The van der Waals surface area contributed by atoms with Crippen LogP contribution >= 0.6 is 0 Å². The molecule has 1 atom stereocenters. The Bertz CT molecular complexity index is 2840. The fourth-order valence-electron chi connectivity index (χ4n) is 7.67. The first-order chi connectivity index (χ1) is 29.8. The Morgan fingerprint density at radius 3 is 2.39 bits per heavy atom. The Morgan fingerprint density at radius 2 is 1.63 bits per heavy atom. The number of hydrogen-bond donors (Lipinski definition) is 4. The van der Waals surface area contributed by atoms with E-state index in [0.29, 0.717) is 65.7 Å².